The van der Waals surface area contributed by atoms with Crippen LogP contribution in [0.3, 0.4) is 0 Å². The van der Waals surface area contributed by atoms with Crippen LogP contribution in [-0.2, 0) is 9.53 Å². The number of benzene rings is 1. The lowest BCUT2D eigenvalue weighted by Crippen LogP contribution is -2.34. The molecule has 4 heteroatoms. The second kappa shape index (κ2) is 5.65. The van der Waals surface area contributed by atoms with Crippen LogP contribution in [0, 0.1) is 5.41 Å². The molecule has 0 radical (unpaired) electrons. The van der Waals surface area contributed by atoms with Gasteiger partial charge in [0.1, 0.15) is 6.10 Å². The molecule has 4 nitrogen and oxygen atoms in total. The molecule has 1 atom stereocenters. The zero-order valence-electron chi connectivity index (χ0n) is 12.3. The smallest absolute Gasteiger partial charge is 0.417 e. The van der Waals surface area contributed by atoms with E-state index in [1.165, 1.54) is 4.90 Å². The largest absolute Gasteiger partial charge is 0.439 e. The summed E-state index contributed by atoms with van der Waals surface area (Å²) in [4.78, 5) is 25.3. The van der Waals surface area contributed by atoms with Crippen molar-refractivity contribution in [1.29, 1.82) is 0 Å². The van der Waals surface area contributed by atoms with Crippen molar-refractivity contribution in [3.05, 3.63) is 35.9 Å². The average molecular weight is 275 g/mol. The second-order valence-corrected chi connectivity index (χ2v) is 5.98. The maximum absolute atomic E-state index is 12.2. The third-order valence-electron chi connectivity index (χ3n) is 3.87. The minimum Gasteiger partial charge on any atom is -0.439 e. The van der Waals surface area contributed by atoms with Crippen molar-refractivity contribution in [2.75, 3.05) is 6.54 Å². The Morgan fingerprint density at radius 1 is 1.35 bits per heavy atom. The molecule has 1 aliphatic rings. The van der Waals surface area contributed by atoms with E-state index in [0.29, 0.717) is 13.0 Å². The van der Waals surface area contributed by atoms with E-state index in [1.54, 1.807) is 0 Å². The van der Waals surface area contributed by atoms with E-state index < -0.39 is 6.09 Å². The van der Waals surface area contributed by atoms with Crippen molar-refractivity contribution >= 4 is 12.0 Å². The van der Waals surface area contributed by atoms with Crippen molar-refractivity contribution in [1.82, 2.24) is 4.90 Å². The van der Waals surface area contributed by atoms with Crippen LogP contribution in [-0.4, -0.2) is 23.4 Å². The van der Waals surface area contributed by atoms with Gasteiger partial charge in [-0.1, -0.05) is 57.5 Å². The van der Waals surface area contributed by atoms with Crippen LogP contribution >= 0.6 is 0 Å². The summed E-state index contributed by atoms with van der Waals surface area (Å²) in [6.07, 6.45) is 0.372. The fourth-order valence-electron chi connectivity index (χ4n) is 2.14. The molecule has 0 N–H and O–H groups in total. The van der Waals surface area contributed by atoms with E-state index in [9.17, 15) is 9.59 Å². The van der Waals surface area contributed by atoms with Crippen molar-refractivity contribution in [3.8, 4) is 0 Å². The number of nitrogens with zero attached hydrogens (tertiary/aromatic N) is 1. The Kier molecular flexibility index (Phi) is 4.12. The molecule has 0 spiro atoms. The van der Waals surface area contributed by atoms with Gasteiger partial charge in [-0.25, -0.2) is 9.69 Å². The highest BCUT2D eigenvalue weighted by molar-refractivity contribution is 5.93. The first kappa shape index (κ1) is 14.6. The molecule has 1 unspecified atom stereocenters. The number of hydrogen-bond acceptors (Lipinski definition) is 3. The molecule has 2 amide bonds. The Labute approximate surface area is 119 Å². The molecule has 0 saturated carbocycles. The molecule has 1 aromatic carbocycles. The number of ether oxygens (including phenoxy) is 1. The summed E-state index contributed by atoms with van der Waals surface area (Å²) in [5, 5.41) is 0. The summed E-state index contributed by atoms with van der Waals surface area (Å²) in [5.41, 5.74) is 0.827. The number of amides is 2. The van der Waals surface area contributed by atoms with E-state index >= 15 is 0 Å². The van der Waals surface area contributed by atoms with E-state index in [-0.39, 0.29) is 17.4 Å². The molecular weight excluding hydrogens is 254 g/mol. The lowest BCUT2D eigenvalue weighted by Gasteiger charge is -2.23. The fourth-order valence-corrected chi connectivity index (χ4v) is 2.14. The Hall–Kier alpha value is -1.84. The Bertz CT molecular complexity index is 496. The van der Waals surface area contributed by atoms with E-state index in [1.807, 2.05) is 51.1 Å². The van der Waals surface area contributed by atoms with Crippen molar-refractivity contribution in [3.63, 3.8) is 0 Å². The van der Waals surface area contributed by atoms with Crippen LogP contribution < -0.4 is 0 Å². The molecule has 108 valence electrons. The molecule has 0 aliphatic carbocycles. The number of carbonyl (C=O) groups excluding carboxylic acids is 2. The molecule has 0 aromatic heterocycles. The van der Waals surface area contributed by atoms with Crippen LogP contribution in [0.15, 0.2) is 30.3 Å². The Balaban J connectivity index is 2.05. The van der Waals surface area contributed by atoms with Gasteiger partial charge < -0.3 is 4.74 Å². The van der Waals surface area contributed by atoms with Crippen molar-refractivity contribution in [2.24, 2.45) is 5.41 Å². The highest BCUT2D eigenvalue weighted by Gasteiger charge is 2.37. The van der Waals surface area contributed by atoms with Crippen LogP contribution in [0.4, 0.5) is 4.79 Å². The zero-order valence-corrected chi connectivity index (χ0v) is 12.3. The molecule has 1 saturated heterocycles. The van der Waals surface area contributed by atoms with Gasteiger partial charge in [0.05, 0.1) is 6.54 Å². The first-order valence-corrected chi connectivity index (χ1v) is 6.99. The van der Waals surface area contributed by atoms with Crippen molar-refractivity contribution in [2.45, 2.75) is 39.7 Å². The zero-order chi connectivity index (χ0) is 14.8. The standard InChI is InChI=1S/C16H21NO3/c1-4-16(2,3)10-14(18)17-11-13(20-15(17)19)12-8-6-5-7-9-12/h5-9,13H,4,10-11H2,1-3H3. The number of rotatable bonds is 4. The second-order valence-electron chi connectivity index (χ2n) is 5.98. The average Bonchev–Trinajstić information content (AvgIpc) is 2.81. The molecule has 1 aromatic rings. The molecular formula is C16H21NO3. The van der Waals surface area contributed by atoms with Gasteiger partial charge in [0.15, 0.2) is 0 Å². The summed E-state index contributed by atoms with van der Waals surface area (Å²) in [6, 6.07) is 9.51. The highest BCUT2D eigenvalue weighted by atomic mass is 16.6. The van der Waals surface area contributed by atoms with E-state index in [2.05, 4.69) is 0 Å². The highest BCUT2D eigenvalue weighted by Crippen LogP contribution is 2.30. The molecule has 1 aliphatic heterocycles. The number of imide groups is 1. The molecule has 20 heavy (non-hydrogen) atoms. The monoisotopic (exact) mass is 275 g/mol. The van der Waals surface area contributed by atoms with Crippen LogP contribution in [0.25, 0.3) is 0 Å². The summed E-state index contributed by atoms with van der Waals surface area (Å²) in [7, 11) is 0. The lowest BCUT2D eigenvalue weighted by molar-refractivity contribution is -0.129. The van der Waals surface area contributed by atoms with Crippen molar-refractivity contribution < 1.29 is 14.3 Å². The van der Waals surface area contributed by atoms with Gasteiger partial charge in [-0.05, 0) is 11.0 Å². The topological polar surface area (TPSA) is 46.6 Å². The van der Waals surface area contributed by atoms with Crippen LogP contribution in [0.2, 0.25) is 0 Å². The van der Waals surface area contributed by atoms with Crippen LogP contribution in [0.5, 0.6) is 0 Å². The van der Waals surface area contributed by atoms with Gasteiger partial charge in [-0.3, -0.25) is 4.79 Å². The summed E-state index contributed by atoms with van der Waals surface area (Å²) in [5.74, 6) is -0.153. The summed E-state index contributed by atoms with van der Waals surface area (Å²) in [6.45, 7) is 6.41. The van der Waals surface area contributed by atoms with Gasteiger partial charge in [0.2, 0.25) is 5.91 Å². The van der Waals surface area contributed by atoms with Crippen LogP contribution in [0.1, 0.15) is 45.3 Å². The quantitative estimate of drug-likeness (QED) is 0.844. The summed E-state index contributed by atoms with van der Waals surface area (Å²) >= 11 is 0. The third-order valence-corrected chi connectivity index (χ3v) is 3.87. The first-order valence-electron chi connectivity index (χ1n) is 6.99. The minimum absolute atomic E-state index is 0.0950. The number of cyclic esters (lactones) is 1. The molecule has 1 heterocycles. The van der Waals surface area contributed by atoms with E-state index in [0.717, 1.165) is 12.0 Å². The SMILES string of the molecule is CCC(C)(C)CC(=O)N1CC(c2ccccc2)OC1=O. The van der Waals surface area contributed by atoms with Gasteiger partial charge in [0, 0.05) is 6.42 Å². The molecule has 1 fully saturated rings. The third kappa shape index (κ3) is 3.18. The predicted molar refractivity (Wildman–Crippen MR) is 76.1 cm³/mol. The maximum atomic E-state index is 12.2. The molecule has 2 rings (SSSR count). The predicted octanol–water partition coefficient (Wildman–Crippen LogP) is 3.53. The van der Waals surface area contributed by atoms with Gasteiger partial charge in [-0.2, -0.15) is 0 Å². The van der Waals surface area contributed by atoms with Gasteiger partial charge in [-0.15, -0.1) is 0 Å². The Morgan fingerprint density at radius 3 is 2.60 bits per heavy atom. The minimum atomic E-state index is -0.532. The maximum Gasteiger partial charge on any atom is 0.417 e. The normalized spacial score (nSPS) is 19.1. The van der Waals surface area contributed by atoms with E-state index in [4.69, 9.17) is 4.74 Å². The first-order chi connectivity index (χ1) is 9.43. The molecule has 0 bridgehead atoms. The Morgan fingerprint density at radius 2 is 2.00 bits per heavy atom. The fraction of sp³-hybridized carbons (Fsp3) is 0.500. The van der Waals surface area contributed by atoms with Gasteiger partial charge >= 0.3 is 6.09 Å². The lowest BCUT2D eigenvalue weighted by atomic mass is 9.86. The number of carbonyl (C=O) groups is 2. The number of hydrogen-bond donors (Lipinski definition) is 0. The summed E-state index contributed by atoms with van der Waals surface area (Å²) < 4.78 is 5.30. The van der Waals surface area contributed by atoms with Gasteiger partial charge in [0.25, 0.3) is 0 Å².